The molecule has 30 heavy (non-hydrogen) atoms. The number of esters is 1. The number of anilines is 1. The second-order valence-corrected chi connectivity index (χ2v) is 8.41. The lowest BCUT2D eigenvalue weighted by Crippen LogP contribution is -2.44. The predicted octanol–water partition coefficient (Wildman–Crippen LogP) is 6.18. The van der Waals surface area contributed by atoms with Crippen molar-refractivity contribution in [3.05, 3.63) is 99.0 Å². The lowest BCUT2D eigenvalue weighted by Gasteiger charge is -2.44. The highest BCUT2D eigenvalue weighted by atomic mass is 79.9. The summed E-state index contributed by atoms with van der Waals surface area (Å²) in [5.74, 6) is -0.268. The molecule has 1 heterocycles. The van der Waals surface area contributed by atoms with Gasteiger partial charge >= 0.3 is 5.97 Å². The van der Waals surface area contributed by atoms with E-state index in [1.807, 2.05) is 55.5 Å². The quantitative estimate of drug-likeness (QED) is 0.438. The van der Waals surface area contributed by atoms with Crippen molar-refractivity contribution in [3.63, 3.8) is 0 Å². The number of hydrogen-bond donors (Lipinski definition) is 1. The second-order valence-electron chi connectivity index (χ2n) is 7.09. The Bertz CT molecular complexity index is 1040. The minimum atomic E-state index is -0.290. The molecule has 3 aromatic carbocycles. The van der Waals surface area contributed by atoms with Gasteiger partial charge in [-0.15, -0.1) is 0 Å². The molecule has 154 valence electrons. The molecular formula is C24H22BrClN2O2. The number of halogens is 2. The Balaban J connectivity index is 1.89. The van der Waals surface area contributed by atoms with Gasteiger partial charge in [0.1, 0.15) is 6.17 Å². The third-order valence-corrected chi connectivity index (χ3v) is 6.03. The van der Waals surface area contributed by atoms with Crippen molar-refractivity contribution in [1.29, 1.82) is 0 Å². The first-order chi connectivity index (χ1) is 14.6. The van der Waals surface area contributed by atoms with Crippen LogP contribution in [0.1, 0.15) is 35.8 Å². The molecule has 0 amide bonds. The van der Waals surface area contributed by atoms with Gasteiger partial charge in [0.05, 0.1) is 19.2 Å². The monoisotopic (exact) mass is 484 g/mol. The van der Waals surface area contributed by atoms with Crippen LogP contribution in [-0.2, 0) is 9.53 Å². The van der Waals surface area contributed by atoms with Crippen molar-refractivity contribution in [2.45, 2.75) is 19.1 Å². The van der Waals surface area contributed by atoms with Crippen LogP contribution in [0.25, 0.3) is 0 Å². The average molecular weight is 486 g/mol. The molecule has 1 aliphatic heterocycles. The zero-order chi connectivity index (χ0) is 21.1. The van der Waals surface area contributed by atoms with Crippen molar-refractivity contribution < 1.29 is 9.53 Å². The summed E-state index contributed by atoms with van der Waals surface area (Å²) in [5.41, 5.74) is 4.11. The van der Waals surface area contributed by atoms with Crippen LogP contribution in [0.15, 0.2) is 77.3 Å². The molecule has 0 aliphatic carbocycles. The van der Waals surface area contributed by atoms with Gasteiger partial charge < -0.3 is 10.1 Å². The van der Waals surface area contributed by atoms with Gasteiger partial charge in [0.25, 0.3) is 0 Å². The number of benzene rings is 3. The summed E-state index contributed by atoms with van der Waals surface area (Å²) in [5, 5.41) is 4.24. The van der Waals surface area contributed by atoms with Gasteiger partial charge in [-0.05, 0) is 42.3 Å². The fourth-order valence-electron chi connectivity index (χ4n) is 3.95. The Morgan fingerprint density at radius 3 is 2.53 bits per heavy atom. The zero-order valence-corrected chi connectivity index (χ0v) is 18.9. The van der Waals surface area contributed by atoms with Crippen LogP contribution in [-0.4, -0.2) is 24.0 Å². The lowest BCUT2D eigenvalue weighted by atomic mass is 9.91. The van der Waals surface area contributed by atoms with E-state index in [1.54, 1.807) is 0 Å². The van der Waals surface area contributed by atoms with Crippen molar-refractivity contribution in [2.24, 2.45) is 0 Å². The van der Waals surface area contributed by atoms with Crippen molar-refractivity contribution in [1.82, 2.24) is 4.90 Å². The number of carbonyl (C=O) groups is 1. The summed E-state index contributed by atoms with van der Waals surface area (Å²) >= 11 is 10.2. The summed E-state index contributed by atoms with van der Waals surface area (Å²) in [6, 6.07) is 23.9. The number of nitrogens with zero attached hydrogens (tertiary/aromatic N) is 1. The van der Waals surface area contributed by atoms with Crippen LogP contribution in [0.2, 0.25) is 5.02 Å². The molecule has 4 rings (SSSR count). The first-order valence-corrected chi connectivity index (χ1v) is 11.0. The van der Waals surface area contributed by atoms with Gasteiger partial charge in [0.15, 0.2) is 0 Å². The molecule has 0 bridgehead atoms. The van der Waals surface area contributed by atoms with Gasteiger partial charge in [-0.1, -0.05) is 76.1 Å². The van der Waals surface area contributed by atoms with Gasteiger partial charge in [0.2, 0.25) is 0 Å². The number of hydrogen-bond acceptors (Lipinski definition) is 4. The molecule has 2 atom stereocenters. The standard InChI is InChI=1S/C24H22BrClN2O2/c1-2-30-22(29)15-28-23(16-8-4-3-5-9-16)19-14-17(25)12-13-21(19)27-24(28)18-10-6-7-11-20(18)26/h3-14,23-24,27H,2,15H2,1H3/t23-,24-/m1/s1. The van der Waals surface area contributed by atoms with E-state index in [1.165, 1.54) is 0 Å². The maximum absolute atomic E-state index is 12.6. The third-order valence-electron chi connectivity index (χ3n) is 5.20. The van der Waals surface area contributed by atoms with E-state index in [2.05, 4.69) is 50.4 Å². The summed E-state index contributed by atoms with van der Waals surface area (Å²) < 4.78 is 6.29. The molecule has 1 aliphatic rings. The van der Waals surface area contributed by atoms with Crippen molar-refractivity contribution in [3.8, 4) is 0 Å². The number of ether oxygens (including phenoxy) is 1. The maximum atomic E-state index is 12.6. The van der Waals surface area contributed by atoms with Crippen LogP contribution >= 0.6 is 27.5 Å². The van der Waals surface area contributed by atoms with E-state index in [0.717, 1.165) is 26.9 Å². The summed E-state index contributed by atoms with van der Waals surface area (Å²) in [6.45, 7) is 2.29. The molecule has 0 aromatic heterocycles. The van der Waals surface area contributed by atoms with E-state index in [4.69, 9.17) is 16.3 Å². The Hall–Kier alpha value is -2.34. The molecule has 0 spiro atoms. The first-order valence-electron chi connectivity index (χ1n) is 9.85. The van der Waals surface area contributed by atoms with Crippen LogP contribution in [0.5, 0.6) is 0 Å². The molecule has 0 fully saturated rings. The summed E-state index contributed by atoms with van der Waals surface area (Å²) in [4.78, 5) is 14.7. The van der Waals surface area contributed by atoms with Crippen molar-refractivity contribution >= 4 is 39.2 Å². The molecule has 0 unspecified atom stereocenters. The SMILES string of the molecule is CCOC(=O)CN1[C@H](c2ccccc2)c2cc(Br)ccc2N[C@H]1c1ccccc1Cl. The van der Waals surface area contributed by atoms with E-state index in [0.29, 0.717) is 11.6 Å². The molecule has 0 saturated carbocycles. The molecule has 0 saturated heterocycles. The normalized spacial score (nSPS) is 18.4. The van der Waals surface area contributed by atoms with E-state index in [9.17, 15) is 4.79 Å². The largest absolute Gasteiger partial charge is 0.465 e. The Morgan fingerprint density at radius 2 is 1.80 bits per heavy atom. The summed E-state index contributed by atoms with van der Waals surface area (Å²) in [7, 11) is 0. The zero-order valence-electron chi connectivity index (χ0n) is 16.5. The highest BCUT2D eigenvalue weighted by molar-refractivity contribution is 9.10. The minimum absolute atomic E-state index is 0.127. The van der Waals surface area contributed by atoms with Gasteiger partial charge in [-0.3, -0.25) is 9.69 Å². The fourth-order valence-corrected chi connectivity index (χ4v) is 4.56. The molecule has 0 radical (unpaired) electrons. The first kappa shape index (κ1) is 20.9. The number of nitrogens with one attached hydrogen (secondary N) is 1. The predicted molar refractivity (Wildman–Crippen MR) is 124 cm³/mol. The van der Waals surface area contributed by atoms with Crippen LogP contribution < -0.4 is 5.32 Å². The highest BCUT2D eigenvalue weighted by Gasteiger charge is 2.38. The van der Waals surface area contributed by atoms with Crippen LogP contribution in [0.3, 0.4) is 0 Å². The molecule has 1 N–H and O–H groups in total. The number of carbonyl (C=O) groups excluding carboxylic acids is 1. The van der Waals surface area contributed by atoms with E-state index >= 15 is 0 Å². The minimum Gasteiger partial charge on any atom is -0.465 e. The maximum Gasteiger partial charge on any atom is 0.320 e. The third kappa shape index (κ3) is 4.24. The van der Waals surface area contributed by atoms with E-state index in [-0.39, 0.29) is 24.7 Å². The molecular weight excluding hydrogens is 464 g/mol. The Kier molecular flexibility index (Phi) is 6.42. The summed E-state index contributed by atoms with van der Waals surface area (Å²) in [6.07, 6.45) is -0.290. The fraction of sp³-hybridized carbons (Fsp3) is 0.208. The van der Waals surface area contributed by atoms with Gasteiger partial charge in [-0.25, -0.2) is 0 Å². The van der Waals surface area contributed by atoms with Crippen LogP contribution in [0, 0.1) is 0 Å². The van der Waals surface area contributed by atoms with Crippen molar-refractivity contribution in [2.75, 3.05) is 18.5 Å². The Labute approximate surface area is 189 Å². The topological polar surface area (TPSA) is 41.6 Å². The molecule has 6 heteroatoms. The van der Waals surface area contributed by atoms with Crippen LogP contribution in [0.4, 0.5) is 5.69 Å². The van der Waals surface area contributed by atoms with Gasteiger partial charge in [0, 0.05) is 20.7 Å². The lowest BCUT2D eigenvalue weighted by molar-refractivity contribution is -0.145. The second kappa shape index (κ2) is 9.21. The van der Waals surface area contributed by atoms with E-state index < -0.39 is 0 Å². The molecule has 3 aromatic rings. The number of rotatable bonds is 5. The number of fused-ring (bicyclic) bond motifs is 1. The average Bonchev–Trinajstić information content (AvgIpc) is 2.74. The van der Waals surface area contributed by atoms with Gasteiger partial charge in [-0.2, -0.15) is 0 Å². The highest BCUT2D eigenvalue weighted by Crippen LogP contribution is 2.45. The Morgan fingerprint density at radius 1 is 1.07 bits per heavy atom. The molecule has 4 nitrogen and oxygen atoms in total. The smallest absolute Gasteiger partial charge is 0.320 e.